The summed E-state index contributed by atoms with van der Waals surface area (Å²) in [5.74, 6) is 0.799. The second kappa shape index (κ2) is 3.58. The van der Waals surface area contributed by atoms with Gasteiger partial charge in [0, 0.05) is 19.2 Å². The summed E-state index contributed by atoms with van der Waals surface area (Å²) in [5.41, 5.74) is 1.01. The topological polar surface area (TPSA) is 33.2 Å². The lowest BCUT2D eigenvalue weighted by atomic mass is 10.3. The van der Waals surface area contributed by atoms with E-state index in [1.165, 1.54) is 0 Å². The summed E-state index contributed by atoms with van der Waals surface area (Å²) >= 11 is 5.91. The highest BCUT2D eigenvalue weighted by atomic mass is 35.5. The van der Waals surface area contributed by atoms with E-state index in [-0.39, 0.29) is 11.3 Å². The van der Waals surface area contributed by atoms with Crippen LogP contribution in [0.1, 0.15) is 12.0 Å². The van der Waals surface area contributed by atoms with Crippen LogP contribution in [0.5, 0.6) is 0 Å². The first-order valence-corrected chi connectivity index (χ1v) is 4.98. The molecule has 1 aromatic heterocycles. The molecule has 0 aromatic carbocycles. The Bertz CT molecular complexity index is 367. The third kappa shape index (κ3) is 1.60. The molecule has 1 saturated heterocycles. The predicted octanol–water partition coefficient (Wildman–Crippen LogP) is 1.73. The number of aryl methyl sites for hydroxylation is 1. The van der Waals surface area contributed by atoms with Gasteiger partial charge in [-0.05, 0) is 18.6 Å². The molecule has 1 unspecified atom stereocenters. The van der Waals surface area contributed by atoms with Crippen LogP contribution in [0.15, 0.2) is 18.3 Å². The van der Waals surface area contributed by atoms with Crippen molar-refractivity contribution in [2.24, 2.45) is 0 Å². The van der Waals surface area contributed by atoms with Crippen LogP contribution < -0.4 is 4.90 Å². The summed E-state index contributed by atoms with van der Waals surface area (Å²) in [5, 5.41) is -0.0797. The number of rotatable bonds is 1. The third-order valence-electron chi connectivity index (χ3n) is 2.32. The van der Waals surface area contributed by atoms with E-state index < -0.39 is 0 Å². The van der Waals surface area contributed by atoms with Crippen LogP contribution in [-0.2, 0) is 4.79 Å². The number of carbonyl (C=O) groups is 1. The number of pyridine rings is 1. The molecule has 1 aliphatic rings. The highest BCUT2D eigenvalue weighted by Gasteiger charge is 2.30. The minimum atomic E-state index is -0.0797. The van der Waals surface area contributed by atoms with Crippen LogP contribution >= 0.6 is 11.6 Å². The fraction of sp³-hybridized carbons (Fsp3) is 0.400. The Kier molecular flexibility index (Phi) is 2.42. The minimum Gasteiger partial charge on any atom is -0.295 e. The van der Waals surface area contributed by atoms with Crippen LogP contribution in [0.4, 0.5) is 5.82 Å². The molecule has 0 radical (unpaired) electrons. The van der Waals surface area contributed by atoms with Gasteiger partial charge >= 0.3 is 0 Å². The molecule has 0 bridgehead atoms. The summed E-state index contributed by atoms with van der Waals surface area (Å²) in [4.78, 5) is 17.4. The number of hydrogen-bond acceptors (Lipinski definition) is 2. The zero-order valence-corrected chi connectivity index (χ0v) is 8.66. The third-order valence-corrected chi connectivity index (χ3v) is 2.61. The molecule has 2 rings (SSSR count). The van der Waals surface area contributed by atoms with Gasteiger partial charge in [0.15, 0.2) is 0 Å². The molecule has 74 valence electrons. The van der Waals surface area contributed by atoms with Gasteiger partial charge in [0.2, 0.25) is 5.91 Å². The van der Waals surface area contributed by atoms with Crippen molar-refractivity contribution in [1.82, 2.24) is 4.98 Å². The zero-order chi connectivity index (χ0) is 10.1. The second-order valence-corrected chi connectivity index (χ2v) is 4.07. The number of halogens is 1. The van der Waals surface area contributed by atoms with Crippen molar-refractivity contribution in [3.8, 4) is 0 Å². The molecule has 0 spiro atoms. The highest BCUT2D eigenvalue weighted by Crippen LogP contribution is 2.24. The molecule has 4 heteroatoms. The maximum absolute atomic E-state index is 11.5. The van der Waals surface area contributed by atoms with Crippen molar-refractivity contribution in [2.45, 2.75) is 18.7 Å². The number of anilines is 1. The zero-order valence-electron chi connectivity index (χ0n) is 7.90. The normalized spacial score (nSPS) is 21.7. The van der Waals surface area contributed by atoms with Crippen molar-refractivity contribution < 1.29 is 4.79 Å². The molecule has 1 fully saturated rings. The molecule has 1 atom stereocenters. The molecular weight excluding hydrogens is 200 g/mol. The lowest BCUT2D eigenvalue weighted by Gasteiger charge is -2.16. The fourth-order valence-electron chi connectivity index (χ4n) is 1.63. The summed E-state index contributed by atoms with van der Waals surface area (Å²) in [6, 6.07) is 3.80. The molecule has 14 heavy (non-hydrogen) atoms. The molecule has 0 aliphatic carbocycles. The molecule has 1 aromatic rings. The van der Waals surface area contributed by atoms with Crippen molar-refractivity contribution in [1.29, 1.82) is 0 Å². The van der Waals surface area contributed by atoms with E-state index in [1.54, 1.807) is 11.1 Å². The van der Waals surface area contributed by atoms with Gasteiger partial charge in [-0.1, -0.05) is 6.07 Å². The average Bonchev–Trinajstić information content (AvgIpc) is 2.46. The monoisotopic (exact) mass is 210 g/mol. The van der Waals surface area contributed by atoms with Crippen molar-refractivity contribution >= 4 is 23.3 Å². The Morgan fingerprint density at radius 2 is 2.43 bits per heavy atom. The van der Waals surface area contributed by atoms with Gasteiger partial charge < -0.3 is 0 Å². The smallest absolute Gasteiger partial charge is 0.229 e. The Morgan fingerprint density at radius 1 is 1.64 bits per heavy atom. The van der Waals surface area contributed by atoms with Crippen LogP contribution in [0, 0.1) is 6.92 Å². The molecule has 3 nitrogen and oxygen atoms in total. The van der Waals surface area contributed by atoms with E-state index in [0.29, 0.717) is 13.0 Å². The molecule has 0 N–H and O–H groups in total. The lowest BCUT2D eigenvalue weighted by Crippen LogP contribution is -2.26. The van der Waals surface area contributed by atoms with Crippen LogP contribution in [0.3, 0.4) is 0 Å². The van der Waals surface area contributed by atoms with Gasteiger partial charge in [0.25, 0.3) is 0 Å². The van der Waals surface area contributed by atoms with Crippen LogP contribution in [0.25, 0.3) is 0 Å². The fourth-order valence-corrected chi connectivity index (χ4v) is 1.90. The number of amides is 1. The van der Waals surface area contributed by atoms with Crippen molar-refractivity contribution in [2.75, 3.05) is 11.4 Å². The van der Waals surface area contributed by atoms with E-state index in [0.717, 1.165) is 11.4 Å². The SMILES string of the molecule is Cc1cccnc1N1CC(Cl)CC1=O. The summed E-state index contributed by atoms with van der Waals surface area (Å²) < 4.78 is 0. The minimum absolute atomic E-state index is 0.0619. The van der Waals surface area contributed by atoms with Crippen molar-refractivity contribution in [3.63, 3.8) is 0 Å². The van der Waals surface area contributed by atoms with E-state index in [9.17, 15) is 4.79 Å². The number of carbonyl (C=O) groups excluding carboxylic acids is 1. The first-order chi connectivity index (χ1) is 6.68. The Balaban J connectivity index is 2.32. The predicted molar refractivity (Wildman–Crippen MR) is 55.6 cm³/mol. The van der Waals surface area contributed by atoms with Gasteiger partial charge in [-0.25, -0.2) is 4.98 Å². The number of hydrogen-bond donors (Lipinski definition) is 0. The van der Waals surface area contributed by atoms with Gasteiger partial charge in [0.05, 0.1) is 5.38 Å². The number of nitrogens with zero attached hydrogens (tertiary/aromatic N) is 2. The summed E-state index contributed by atoms with van der Waals surface area (Å²) in [6.07, 6.45) is 2.11. The summed E-state index contributed by atoms with van der Waals surface area (Å²) in [7, 11) is 0. The lowest BCUT2D eigenvalue weighted by molar-refractivity contribution is -0.117. The van der Waals surface area contributed by atoms with E-state index >= 15 is 0 Å². The first kappa shape index (κ1) is 9.46. The standard InChI is InChI=1S/C10H11ClN2O/c1-7-3-2-4-12-10(7)13-6-8(11)5-9(13)14/h2-4,8H,5-6H2,1H3. The van der Waals surface area contributed by atoms with Gasteiger partial charge in [0.1, 0.15) is 5.82 Å². The molecular formula is C10H11ClN2O. The van der Waals surface area contributed by atoms with Gasteiger partial charge in [-0.2, -0.15) is 0 Å². The van der Waals surface area contributed by atoms with E-state index in [1.807, 2.05) is 19.1 Å². The second-order valence-electron chi connectivity index (χ2n) is 3.45. The van der Waals surface area contributed by atoms with Gasteiger partial charge in [-0.3, -0.25) is 9.69 Å². The largest absolute Gasteiger partial charge is 0.295 e. The molecule has 2 heterocycles. The average molecular weight is 211 g/mol. The van der Waals surface area contributed by atoms with Crippen molar-refractivity contribution in [3.05, 3.63) is 23.9 Å². The Hall–Kier alpha value is -1.09. The first-order valence-electron chi connectivity index (χ1n) is 4.54. The molecule has 0 saturated carbocycles. The molecule has 1 amide bonds. The van der Waals surface area contributed by atoms with Gasteiger partial charge in [-0.15, -0.1) is 11.6 Å². The van der Waals surface area contributed by atoms with Crippen LogP contribution in [-0.4, -0.2) is 22.8 Å². The van der Waals surface area contributed by atoms with E-state index in [2.05, 4.69) is 4.98 Å². The Labute approximate surface area is 87.7 Å². The molecule has 1 aliphatic heterocycles. The maximum Gasteiger partial charge on any atom is 0.229 e. The Morgan fingerprint density at radius 3 is 3.00 bits per heavy atom. The van der Waals surface area contributed by atoms with Crippen LogP contribution in [0.2, 0.25) is 0 Å². The highest BCUT2D eigenvalue weighted by molar-refractivity contribution is 6.24. The number of aromatic nitrogens is 1. The number of alkyl halides is 1. The maximum atomic E-state index is 11.5. The quantitative estimate of drug-likeness (QED) is 0.662. The van der Waals surface area contributed by atoms with E-state index in [4.69, 9.17) is 11.6 Å². The summed E-state index contributed by atoms with van der Waals surface area (Å²) in [6.45, 7) is 2.51.